The second-order valence-corrected chi connectivity index (χ2v) is 8.67. The summed E-state index contributed by atoms with van der Waals surface area (Å²) in [5, 5.41) is 2.20. The lowest BCUT2D eigenvalue weighted by atomic mass is 9.86. The molecule has 2 aliphatic rings. The maximum Gasteiger partial charge on any atom is 0.267 e. The van der Waals surface area contributed by atoms with Gasteiger partial charge in [0.15, 0.2) is 0 Å². The van der Waals surface area contributed by atoms with Gasteiger partial charge in [0.05, 0.1) is 5.25 Å². The Kier molecular flexibility index (Phi) is 7.76. The van der Waals surface area contributed by atoms with Crippen LogP contribution in [0.1, 0.15) is 51.4 Å². The van der Waals surface area contributed by atoms with Gasteiger partial charge >= 0.3 is 0 Å². The third-order valence-electron chi connectivity index (χ3n) is 4.76. The van der Waals surface area contributed by atoms with Gasteiger partial charge in [0.1, 0.15) is 0 Å². The Morgan fingerprint density at radius 1 is 1.12 bits per heavy atom. The molecule has 140 valence electrons. The van der Waals surface area contributed by atoms with Crippen molar-refractivity contribution in [3.63, 3.8) is 0 Å². The minimum atomic E-state index is -4.07. The van der Waals surface area contributed by atoms with Crippen LogP contribution in [0.5, 0.6) is 0 Å². The van der Waals surface area contributed by atoms with E-state index >= 15 is 0 Å². The third kappa shape index (κ3) is 6.16. The van der Waals surface area contributed by atoms with Gasteiger partial charge in [0, 0.05) is 36.3 Å². The van der Waals surface area contributed by atoms with Gasteiger partial charge in [0.2, 0.25) is 5.91 Å². The molecular weight excluding hydrogens is 356 g/mol. The van der Waals surface area contributed by atoms with Crippen molar-refractivity contribution in [3.8, 4) is 0 Å². The maximum absolute atomic E-state index is 12.4. The van der Waals surface area contributed by atoms with E-state index in [9.17, 15) is 17.8 Å². The first kappa shape index (κ1) is 19.9. The van der Waals surface area contributed by atoms with Gasteiger partial charge in [-0.05, 0) is 44.9 Å². The van der Waals surface area contributed by atoms with Crippen molar-refractivity contribution in [2.75, 3.05) is 6.26 Å². The van der Waals surface area contributed by atoms with Crippen LogP contribution in [0.4, 0.5) is 0 Å². The van der Waals surface area contributed by atoms with Crippen LogP contribution in [-0.2, 0) is 24.2 Å². The van der Waals surface area contributed by atoms with Crippen LogP contribution in [0.15, 0.2) is 0 Å². The second kappa shape index (κ2) is 9.35. The zero-order valence-electron chi connectivity index (χ0n) is 13.8. The lowest BCUT2D eigenvalue weighted by Gasteiger charge is -2.32. The normalized spacial score (nSPS) is 31.6. The van der Waals surface area contributed by atoms with Crippen LogP contribution in [-0.4, -0.2) is 42.5 Å². The van der Waals surface area contributed by atoms with Crippen molar-refractivity contribution in [2.45, 2.75) is 68.7 Å². The molecule has 24 heavy (non-hydrogen) atoms. The highest BCUT2D eigenvalue weighted by Gasteiger charge is 2.35. The van der Waals surface area contributed by atoms with E-state index in [2.05, 4.69) is 10.8 Å². The number of nitrogens with one attached hydrogen (secondary N) is 2. The van der Waals surface area contributed by atoms with Gasteiger partial charge in [-0.15, -0.1) is 9.32 Å². The standard InChI is InChI=1S/C14H26N2O6S2/c1-23-22-21-16-12-6-3-5-11(9-12)15-14(17)10-4-2-7-13(8-10)24(18,19)20/h10-13,16H,2-9H2,1H3,(H,15,17)(H,18,19,20). The molecule has 10 heteroatoms. The van der Waals surface area contributed by atoms with Crippen molar-refractivity contribution in [1.29, 1.82) is 0 Å². The topological polar surface area (TPSA) is 114 Å². The van der Waals surface area contributed by atoms with Crippen molar-refractivity contribution < 1.29 is 27.1 Å². The predicted molar refractivity (Wildman–Crippen MR) is 90.3 cm³/mol. The molecule has 0 radical (unpaired) electrons. The van der Waals surface area contributed by atoms with Crippen molar-refractivity contribution in [1.82, 2.24) is 10.8 Å². The molecule has 0 aromatic heterocycles. The van der Waals surface area contributed by atoms with Crippen LogP contribution in [0, 0.1) is 5.92 Å². The van der Waals surface area contributed by atoms with E-state index in [1.165, 1.54) is 0 Å². The maximum atomic E-state index is 12.4. The summed E-state index contributed by atoms with van der Waals surface area (Å²) in [5.41, 5.74) is 2.83. The minimum absolute atomic E-state index is 0.0349. The molecule has 0 heterocycles. The molecule has 2 rings (SSSR count). The fourth-order valence-electron chi connectivity index (χ4n) is 3.52. The van der Waals surface area contributed by atoms with Gasteiger partial charge < -0.3 is 5.32 Å². The fourth-order valence-corrected chi connectivity index (χ4v) is 4.57. The number of carbonyl (C=O) groups is 1. The van der Waals surface area contributed by atoms with Crippen LogP contribution < -0.4 is 10.8 Å². The summed E-state index contributed by atoms with van der Waals surface area (Å²) in [6.07, 6.45) is 7.19. The van der Waals surface area contributed by atoms with E-state index in [1.54, 1.807) is 6.26 Å². The molecule has 0 saturated heterocycles. The summed E-state index contributed by atoms with van der Waals surface area (Å²) in [6.45, 7) is 0. The highest BCUT2D eigenvalue weighted by molar-refractivity contribution is 7.93. The number of rotatable bonds is 7. The second-order valence-electron chi connectivity index (χ2n) is 6.51. The zero-order valence-corrected chi connectivity index (χ0v) is 15.4. The number of hydrogen-bond acceptors (Lipinski definition) is 7. The summed E-state index contributed by atoms with van der Waals surface area (Å²) in [6, 6.07) is 0.140. The molecule has 4 atom stereocenters. The van der Waals surface area contributed by atoms with Gasteiger partial charge in [0.25, 0.3) is 10.1 Å². The SMILES string of the molecule is CSOONC1CCCC(NC(=O)C2CCCC(S(=O)(=O)O)C2)C1. The van der Waals surface area contributed by atoms with Gasteiger partial charge in [-0.3, -0.25) is 9.35 Å². The average Bonchev–Trinajstić information content (AvgIpc) is 2.55. The largest absolute Gasteiger partial charge is 0.353 e. The molecule has 3 N–H and O–H groups in total. The Morgan fingerprint density at radius 2 is 1.83 bits per heavy atom. The van der Waals surface area contributed by atoms with Crippen molar-refractivity contribution >= 4 is 28.1 Å². The number of hydroxylamine groups is 1. The molecule has 2 fully saturated rings. The summed E-state index contributed by atoms with van der Waals surface area (Å²) in [5.74, 6) is -0.467. The average molecular weight is 383 g/mol. The predicted octanol–water partition coefficient (Wildman–Crippen LogP) is 1.59. The molecular formula is C14H26N2O6S2. The van der Waals surface area contributed by atoms with Gasteiger partial charge in [-0.2, -0.15) is 13.9 Å². The first-order valence-electron chi connectivity index (χ1n) is 8.28. The van der Waals surface area contributed by atoms with Gasteiger partial charge in [-0.25, -0.2) is 0 Å². The summed E-state index contributed by atoms with van der Waals surface area (Å²) >= 11 is 1.10. The summed E-state index contributed by atoms with van der Waals surface area (Å²) in [7, 11) is -4.07. The van der Waals surface area contributed by atoms with Gasteiger partial charge in [-0.1, -0.05) is 6.42 Å². The molecule has 0 bridgehead atoms. The first-order chi connectivity index (χ1) is 11.4. The molecule has 8 nitrogen and oxygen atoms in total. The fraction of sp³-hybridized carbons (Fsp3) is 0.929. The van der Waals surface area contributed by atoms with Crippen LogP contribution in [0.25, 0.3) is 0 Å². The molecule has 1 amide bonds. The Morgan fingerprint density at radius 3 is 2.54 bits per heavy atom. The molecule has 0 spiro atoms. The summed E-state index contributed by atoms with van der Waals surface area (Å²) in [4.78, 5) is 17.3. The Labute approximate surface area is 147 Å². The quantitative estimate of drug-likeness (QED) is 0.200. The monoisotopic (exact) mass is 382 g/mol. The van der Waals surface area contributed by atoms with Crippen molar-refractivity contribution in [2.24, 2.45) is 5.92 Å². The molecule has 0 aliphatic heterocycles. The number of carbonyl (C=O) groups excluding carboxylic acids is 1. The number of amides is 1. The number of hydrogen-bond donors (Lipinski definition) is 3. The van der Waals surface area contributed by atoms with Crippen LogP contribution >= 0.6 is 12.0 Å². The highest BCUT2D eigenvalue weighted by Crippen LogP contribution is 2.29. The zero-order chi connectivity index (χ0) is 17.6. The van der Waals surface area contributed by atoms with E-state index in [0.29, 0.717) is 19.3 Å². The smallest absolute Gasteiger partial charge is 0.267 e. The Bertz CT molecular complexity index is 515. The first-order valence-corrected chi connectivity index (χ1v) is 10.9. The van der Waals surface area contributed by atoms with E-state index in [0.717, 1.165) is 37.7 Å². The molecule has 0 aromatic rings. The van der Waals surface area contributed by atoms with Crippen LogP contribution in [0.2, 0.25) is 0 Å². The lowest BCUT2D eigenvalue weighted by Crippen LogP contribution is -2.47. The molecule has 2 aliphatic carbocycles. The van der Waals surface area contributed by atoms with Crippen molar-refractivity contribution in [3.05, 3.63) is 0 Å². The Hall–Kier alpha value is -0.390. The third-order valence-corrected chi connectivity index (χ3v) is 6.23. The molecule has 2 saturated carbocycles. The Balaban J connectivity index is 1.80. The van der Waals surface area contributed by atoms with E-state index < -0.39 is 15.4 Å². The van der Waals surface area contributed by atoms with E-state index in [1.807, 2.05) is 0 Å². The summed E-state index contributed by atoms with van der Waals surface area (Å²) < 4.78 is 36.5. The minimum Gasteiger partial charge on any atom is -0.353 e. The lowest BCUT2D eigenvalue weighted by molar-refractivity contribution is -0.255. The molecule has 0 aromatic carbocycles. The highest BCUT2D eigenvalue weighted by atomic mass is 32.2. The van der Waals surface area contributed by atoms with E-state index in [-0.39, 0.29) is 30.3 Å². The molecule has 4 unspecified atom stereocenters. The van der Waals surface area contributed by atoms with E-state index in [4.69, 9.17) is 9.32 Å². The van der Waals surface area contributed by atoms with Crippen LogP contribution in [0.3, 0.4) is 0 Å².